The number of esters is 1. The molecule has 0 unspecified atom stereocenters. The highest BCUT2D eigenvalue weighted by atomic mass is 32.2. The Hall–Kier alpha value is -1.93. The number of ether oxygens (including phenoxy) is 1. The van der Waals surface area contributed by atoms with E-state index in [4.69, 9.17) is 9.29 Å². The first-order chi connectivity index (χ1) is 9.67. The molecule has 0 aliphatic carbocycles. The minimum absolute atomic E-state index is 0.0210. The maximum absolute atomic E-state index is 11.5. The van der Waals surface area contributed by atoms with Gasteiger partial charge in [0.25, 0.3) is 16.0 Å². The van der Waals surface area contributed by atoms with Crippen LogP contribution < -0.4 is 0 Å². The Balaban J connectivity index is 2.52. The number of nitrogens with zero attached hydrogens (tertiary/aromatic N) is 1. The van der Waals surface area contributed by atoms with Gasteiger partial charge in [0.05, 0.1) is 6.42 Å². The summed E-state index contributed by atoms with van der Waals surface area (Å²) in [6.07, 6.45) is -0.0210. The third-order valence-electron chi connectivity index (χ3n) is 2.58. The van der Waals surface area contributed by atoms with E-state index in [0.717, 1.165) is 0 Å². The van der Waals surface area contributed by atoms with E-state index in [1.165, 1.54) is 17.0 Å². The van der Waals surface area contributed by atoms with Crippen molar-refractivity contribution in [3.05, 3.63) is 35.4 Å². The molecule has 0 fully saturated rings. The molecule has 0 atom stereocenters. The van der Waals surface area contributed by atoms with E-state index in [9.17, 15) is 18.0 Å². The molecule has 1 aromatic carbocycles. The minimum atomic E-state index is -4.07. The van der Waals surface area contributed by atoms with Crippen LogP contribution in [0.1, 0.15) is 11.1 Å². The quantitative estimate of drug-likeness (QED) is 0.596. The SMILES string of the molecule is CN(C)C(=O)COC(=O)Cc1ccc(CS(=O)(=O)O)cc1. The topological polar surface area (TPSA) is 101 Å². The van der Waals surface area contributed by atoms with Crippen molar-refractivity contribution in [2.24, 2.45) is 0 Å². The van der Waals surface area contributed by atoms with E-state index in [2.05, 4.69) is 0 Å². The number of rotatable bonds is 6. The minimum Gasteiger partial charge on any atom is -0.455 e. The van der Waals surface area contributed by atoms with Gasteiger partial charge in [0.15, 0.2) is 6.61 Å². The van der Waals surface area contributed by atoms with E-state index < -0.39 is 21.8 Å². The van der Waals surface area contributed by atoms with Crippen LogP contribution in [0.5, 0.6) is 0 Å². The van der Waals surface area contributed by atoms with Crippen molar-refractivity contribution in [2.45, 2.75) is 12.2 Å². The summed E-state index contributed by atoms with van der Waals surface area (Å²) in [5.41, 5.74) is 1.04. The summed E-state index contributed by atoms with van der Waals surface area (Å²) in [5.74, 6) is -1.34. The van der Waals surface area contributed by atoms with Gasteiger partial charge in [0, 0.05) is 14.1 Å². The van der Waals surface area contributed by atoms with Gasteiger partial charge in [-0.3, -0.25) is 14.1 Å². The Morgan fingerprint density at radius 2 is 1.67 bits per heavy atom. The molecule has 8 heteroatoms. The van der Waals surface area contributed by atoms with Gasteiger partial charge >= 0.3 is 5.97 Å². The lowest BCUT2D eigenvalue weighted by Crippen LogP contribution is -2.27. The first kappa shape index (κ1) is 17.1. The molecule has 0 bridgehead atoms. The second-order valence-corrected chi connectivity index (χ2v) is 6.12. The van der Waals surface area contributed by atoms with E-state index in [0.29, 0.717) is 11.1 Å². The second kappa shape index (κ2) is 7.19. The van der Waals surface area contributed by atoms with E-state index >= 15 is 0 Å². The number of hydrogen-bond acceptors (Lipinski definition) is 5. The predicted octanol–water partition coefficient (Wildman–Crippen LogP) is 0.248. The van der Waals surface area contributed by atoms with Crippen molar-refractivity contribution in [3.63, 3.8) is 0 Å². The number of likely N-dealkylation sites (N-methyl/N-ethyl adjacent to an activating group) is 1. The fraction of sp³-hybridized carbons (Fsp3) is 0.385. The highest BCUT2D eigenvalue weighted by Gasteiger charge is 2.11. The van der Waals surface area contributed by atoms with Crippen molar-refractivity contribution in [1.82, 2.24) is 4.90 Å². The van der Waals surface area contributed by atoms with Crippen LogP contribution in [-0.4, -0.2) is 50.4 Å². The van der Waals surface area contributed by atoms with Crippen molar-refractivity contribution in [1.29, 1.82) is 0 Å². The molecule has 0 saturated carbocycles. The maximum atomic E-state index is 11.5. The number of carbonyl (C=O) groups excluding carboxylic acids is 2. The number of hydrogen-bond donors (Lipinski definition) is 1. The van der Waals surface area contributed by atoms with E-state index in [1.807, 2.05) is 0 Å². The average Bonchev–Trinajstić information content (AvgIpc) is 2.36. The lowest BCUT2D eigenvalue weighted by molar-refractivity contribution is -0.150. The summed E-state index contributed by atoms with van der Waals surface area (Å²) >= 11 is 0. The molecule has 0 radical (unpaired) electrons. The number of benzene rings is 1. The van der Waals surface area contributed by atoms with Crippen molar-refractivity contribution in [3.8, 4) is 0 Å². The van der Waals surface area contributed by atoms with Crippen LogP contribution in [0.3, 0.4) is 0 Å². The van der Waals surface area contributed by atoms with Crippen molar-refractivity contribution >= 4 is 22.0 Å². The zero-order valence-electron chi connectivity index (χ0n) is 11.8. The standard InChI is InChI=1S/C13H17NO6S/c1-14(2)12(15)8-20-13(16)7-10-3-5-11(6-4-10)9-21(17,18)19/h3-6H,7-9H2,1-2H3,(H,17,18,19). The molecule has 1 N–H and O–H groups in total. The smallest absolute Gasteiger partial charge is 0.310 e. The van der Waals surface area contributed by atoms with Gasteiger partial charge in [-0.05, 0) is 11.1 Å². The molecule has 7 nitrogen and oxygen atoms in total. The Morgan fingerprint density at radius 1 is 1.14 bits per heavy atom. The molecule has 0 saturated heterocycles. The molecule has 1 amide bonds. The fourth-order valence-corrected chi connectivity index (χ4v) is 2.07. The predicted molar refractivity (Wildman–Crippen MR) is 75.1 cm³/mol. The van der Waals surface area contributed by atoms with Crippen molar-refractivity contribution < 1.29 is 27.3 Å². The van der Waals surface area contributed by atoms with Crippen LogP contribution in [-0.2, 0) is 36.6 Å². The van der Waals surface area contributed by atoms with E-state index in [1.54, 1.807) is 26.2 Å². The molecule has 0 aliphatic rings. The van der Waals surface area contributed by atoms with Crippen LogP contribution in [0.4, 0.5) is 0 Å². The largest absolute Gasteiger partial charge is 0.455 e. The summed E-state index contributed by atoms with van der Waals surface area (Å²) in [6, 6.07) is 6.13. The lowest BCUT2D eigenvalue weighted by atomic mass is 10.1. The molecule has 0 spiro atoms. The molecule has 0 aromatic heterocycles. The van der Waals surface area contributed by atoms with Gasteiger partial charge in [0.1, 0.15) is 5.75 Å². The first-order valence-electron chi connectivity index (χ1n) is 6.06. The third kappa shape index (κ3) is 6.87. The molecule has 21 heavy (non-hydrogen) atoms. The summed E-state index contributed by atoms with van der Waals surface area (Å²) in [4.78, 5) is 24.1. The Labute approximate surface area is 123 Å². The summed E-state index contributed by atoms with van der Waals surface area (Å²) < 4.78 is 35.0. The van der Waals surface area contributed by atoms with Gasteiger partial charge in [-0.1, -0.05) is 24.3 Å². The van der Waals surface area contributed by atoms with Gasteiger partial charge in [0.2, 0.25) is 0 Å². The highest BCUT2D eigenvalue weighted by Crippen LogP contribution is 2.08. The van der Waals surface area contributed by atoms with Gasteiger partial charge < -0.3 is 9.64 Å². The lowest BCUT2D eigenvalue weighted by Gasteiger charge is -2.10. The van der Waals surface area contributed by atoms with E-state index in [-0.39, 0.29) is 18.9 Å². The molecule has 0 heterocycles. The van der Waals surface area contributed by atoms with Crippen LogP contribution in [0.25, 0.3) is 0 Å². The van der Waals surface area contributed by atoms with Crippen LogP contribution in [0.15, 0.2) is 24.3 Å². The molecular weight excluding hydrogens is 298 g/mol. The normalized spacial score (nSPS) is 11.0. The molecule has 116 valence electrons. The highest BCUT2D eigenvalue weighted by molar-refractivity contribution is 7.85. The second-order valence-electron chi connectivity index (χ2n) is 4.67. The van der Waals surface area contributed by atoms with Gasteiger partial charge in [-0.15, -0.1) is 0 Å². The molecular formula is C13H17NO6S. The van der Waals surface area contributed by atoms with Crippen molar-refractivity contribution in [2.75, 3.05) is 20.7 Å². The number of carbonyl (C=O) groups is 2. The van der Waals surface area contributed by atoms with Crippen LogP contribution in [0.2, 0.25) is 0 Å². The third-order valence-corrected chi connectivity index (χ3v) is 3.27. The average molecular weight is 315 g/mol. The molecule has 1 rings (SSSR count). The Bertz CT molecular complexity index is 606. The molecule has 0 aliphatic heterocycles. The monoisotopic (exact) mass is 315 g/mol. The summed E-state index contributed by atoms with van der Waals surface area (Å²) in [5, 5.41) is 0. The number of amides is 1. The Morgan fingerprint density at radius 3 is 2.14 bits per heavy atom. The zero-order chi connectivity index (χ0) is 16.0. The zero-order valence-corrected chi connectivity index (χ0v) is 12.6. The Kier molecular flexibility index (Phi) is 5.86. The van der Waals surface area contributed by atoms with Crippen LogP contribution >= 0.6 is 0 Å². The maximum Gasteiger partial charge on any atom is 0.310 e. The van der Waals surface area contributed by atoms with Gasteiger partial charge in [-0.25, -0.2) is 0 Å². The fourth-order valence-electron chi connectivity index (χ4n) is 1.45. The summed E-state index contributed by atoms with van der Waals surface area (Å²) in [6.45, 7) is -0.313. The summed E-state index contributed by atoms with van der Waals surface area (Å²) in [7, 11) is -0.954. The molecule has 1 aromatic rings. The van der Waals surface area contributed by atoms with Crippen LogP contribution in [0, 0.1) is 0 Å². The van der Waals surface area contributed by atoms with Gasteiger partial charge in [-0.2, -0.15) is 8.42 Å². The first-order valence-corrected chi connectivity index (χ1v) is 7.67.